The molecular weight excluding hydrogens is 407 g/mol. The van der Waals surface area contributed by atoms with E-state index in [1.807, 2.05) is 30.3 Å². The minimum absolute atomic E-state index is 0.281. The molecule has 0 spiro atoms. The molecule has 0 radical (unpaired) electrons. The molecule has 1 heterocycles. The van der Waals surface area contributed by atoms with Crippen LogP contribution in [0.3, 0.4) is 0 Å². The van der Waals surface area contributed by atoms with Gasteiger partial charge < -0.3 is 10.6 Å². The highest BCUT2D eigenvalue weighted by Gasteiger charge is 2.27. The van der Waals surface area contributed by atoms with Crippen LogP contribution in [0.2, 0.25) is 10.0 Å². The molecule has 0 fully saturated rings. The van der Waals surface area contributed by atoms with Crippen LogP contribution < -0.4 is 5.84 Å². The van der Waals surface area contributed by atoms with Crippen molar-refractivity contribution in [2.24, 2.45) is 0 Å². The summed E-state index contributed by atoms with van der Waals surface area (Å²) in [6, 6.07) is 14.3. The number of esters is 1. The van der Waals surface area contributed by atoms with Crippen molar-refractivity contribution < 1.29 is 9.53 Å². The van der Waals surface area contributed by atoms with E-state index in [0.29, 0.717) is 26.6 Å². The standard InChI is InChI=1S/C18H16Cl2N4O2S/c1-2-26-17(25)15(11-6-4-3-5-7-11)27-18-23-22-16(24(18)21)13-9-8-12(19)10-14(13)20/h3-10,15H,2,21H2,1H3. The van der Waals surface area contributed by atoms with Crippen molar-refractivity contribution >= 4 is 40.9 Å². The minimum Gasteiger partial charge on any atom is -0.465 e. The Morgan fingerprint density at radius 3 is 2.63 bits per heavy atom. The minimum atomic E-state index is -0.619. The van der Waals surface area contributed by atoms with Crippen molar-refractivity contribution in [1.82, 2.24) is 14.9 Å². The molecule has 0 saturated heterocycles. The number of nitrogens with two attached hydrogens (primary N) is 1. The van der Waals surface area contributed by atoms with E-state index < -0.39 is 5.25 Å². The summed E-state index contributed by atoms with van der Waals surface area (Å²) in [4.78, 5) is 12.5. The quantitative estimate of drug-likeness (QED) is 0.360. The highest BCUT2D eigenvalue weighted by atomic mass is 35.5. The SMILES string of the molecule is CCOC(=O)C(Sc1nnc(-c2ccc(Cl)cc2Cl)n1N)c1ccccc1. The molecule has 0 bridgehead atoms. The Bertz CT molecular complexity index is 950. The first-order valence-electron chi connectivity index (χ1n) is 8.05. The van der Waals surface area contributed by atoms with Gasteiger partial charge in [0.15, 0.2) is 5.82 Å². The molecule has 1 aromatic heterocycles. The number of nitrogens with zero attached hydrogens (tertiary/aromatic N) is 3. The molecule has 0 aliphatic rings. The molecule has 9 heteroatoms. The number of thioether (sulfide) groups is 1. The Balaban J connectivity index is 1.93. The van der Waals surface area contributed by atoms with Crippen molar-refractivity contribution in [3.63, 3.8) is 0 Å². The lowest BCUT2D eigenvalue weighted by molar-refractivity contribution is -0.142. The third-order valence-corrected chi connectivity index (χ3v) is 5.40. The van der Waals surface area contributed by atoms with Crippen LogP contribution in [-0.2, 0) is 9.53 Å². The second-order valence-corrected chi connectivity index (χ2v) is 7.38. The fraction of sp³-hybridized carbons (Fsp3) is 0.167. The van der Waals surface area contributed by atoms with Crippen LogP contribution in [0.25, 0.3) is 11.4 Å². The molecule has 6 nitrogen and oxygen atoms in total. The molecule has 1 atom stereocenters. The van der Waals surface area contributed by atoms with Crippen LogP contribution in [0.1, 0.15) is 17.7 Å². The van der Waals surface area contributed by atoms with E-state index in [1.165, 1.54) is 4.68 Å². The molecule has 0 aliphatic heterocycles. The van der Waals surface area contributed by atoms with E-state index >= 15 is 0 Å². The topological polar surface area (TPSA) is 83.0 Å². The zero-order valence-corrected chi connectivity index (χ0v) is 16.6. The zero-order valence-electron chi connectivity index (χ0n) is 14.3. The molecule has 140 valence electrons. The monoisotopic (exact) mass is 422 g/mol. The van der Waals surface area contributed by atoms with E-state index in [1.54, 1.807) is 25.1 Å². The first-order valence-corrected chi connectivity index (χ1v) is 9.69. The molecule has 1 unspecified atom stereocenters. The molecule has 0 amide bonds. The summed E-state index contributed by atoms with van der Waals surface area (Å²) < 4.78 is 6.50. The second kappa shape index (κ2) is 8.65. The largest absolute Gasteiger partial charge is 0.465 e. The lowest BCUT2D eigenvalue weighted by atomic mass is 10.1. The lowest BCUT2D eigenvalue weighted by Crippen LogP contribution is -2.16. The normalized spacial score (nSPS) is 12.0. The van der Waals surface area contributed by atoms with Crippen molar-refractivity contribution in [3.05, 3.63) is 64.1 Å². The predicted molar refractivity (Wildman–Crippen MR) is 107 cm³/mol. The fourth-order valence-corrected chi connectivity index (χ4v) is 3.86. The third kappa shape index (κ3) is 4.37. The molecule has 2 N–H and O–H groups in total. The summed E-state index contributed by atoms with van der Waals surface area (Å²) in [5.74, 6) is 6.17. The number of carbonyl (C=O) groups is 1. The van der Waals surface area contributed by atoms with E-state index in [4.69, 9.17) is 33.8 Å². The molecule has 3 rings (SSSR count). The van der Waals surface area contributed by atoms with E-state index in [0.717, 1.165) is 17.3 Å². The van der Waals surface area contributed by atoms with Gasteiger partial charge in [0.2, 0.25) is 5.16 Å². The Morgan fingerprint density at radius 1 is 1.22 bits per heavy atom. The van der Waals surface area contributed by atoms with E-state index in [2.05, 4.69) is 10.2 Å². The van der Waals surface area contributed by atoms with Crippen LogP contribution in [0.4, 0.5) is 0 Å². The number of rotatable bonds is 6. The van der Waals surface area contributed by atoms with E-state index in [-0.39, 0.29) is 12.6 Å². The summed E-state index contributed by atoms with van der Waals surface area (Å²) in [7, 11) is 0. The Hall–Kier alpha value is -2.22. The summed E-state index contributed by atoms with van der Waals surface area (Å²) in [6.07, 6.45) is 0. The maximum atomic E-state index is 12.5. The zero-order chi connectivity index (χ0) is 19.4. The van der Waals surface area contributed by atoms with Gasteiger partial charge in [-0.15, -0.1) is 10.2 Å². The van der Waals surface area contributed by atoms with Crippen LogP contribution in [0.15, 0.2) is 53.7 Å². The number of hydrogen-bond acceptors (Lipinski definition) is 6. The second-order valence-electron chi connectivity index (χ2n) is 5.46. The van der Waals surface area contributed by atoms with Gasteiger partial charge >= 0.3 is 5.97 Å². The maximum absolute atomic E-state index is 12.5. The Morgan fingerprint density at radius 2 is 1.96 bits per heavy atom. The van der Waals surface area contributed by atoms with Crippen molar-refractivity contribution in [2.45, 2.75) is 17.3 Å². The molecule has 27 heavy (non-hydrogen) atoms. The van der Waals surface area contributed by atoms with Gasteiger partial charge in [-0.1, -0.05) is 65.3 Å². The summed E-state index contributed by atoms with van der Waals surface area (Å²) >= 11 is 13.3. The average molecular weight is 423 g/mol. The first-order chi connectivity index (χ1) is 13.0. The highest BCUT2D eigenvalue weighted by molar-refractivity contribution is 8.00. The summed E-state index contributed by atoms with van der Waals surface area (Å²) in [6.45, 7) is 2.04. The van der Waals surface area contributed by atoms with Crippen LogP contribution in [0, 0.1) is 0 Å². The van der Waals surface area contributed by atoms with Gasteiger partial charge in [0.1, 0.15) is 5.25 Å². The summed E-state index contributed by atoms with van der Waals surface area (Å²) in [5.41, 5.74) is 1.38. The number of benzene rings is 2. The van der Waals surface area contributed by atoms with Crippen molar-refractivity contribution in [1.29, 1.82) is 0 Å². The van der Waals surface area contributed by atoms with Gasteiger partial charge in [-0.05, 0) is 30.7 Å². The number of halogens is 2. The van der Waals surface area contributed by atoms with Gasteiger partial charge in [0, 0.05) is 10.6 Å². The van der Waals surface area contributed by atoms with Crippen molar-refractivity contribution in [3.8, 4) is 11.4 Å². The average Bonchev–Trinajstić information content (AvgIpc) is 3.01. The smallest absolute Gasteiger partial charge is 0.324 e. The van der Waals surface area contributed by atoms with Gasteiger partial charge in [-0.25, -0.2) is 4.68 Å². The van der Waals surface area contributed by atoms with Gasteiger partial charge in [-0.2, -0.15) is 0 Å². The van der Waals surface area contributed by atoms with Crippen LogP contribution in [0.5, 0.6) is 0 Å². The maximum Gasteiger partial charge on any atom is 0.324 e. The predicted octanol–water partition coefficient (Wildman–Crippen LogP) is 4.36. The fourth-order valence-electron chi connectivity index (χ4n) is 2.42. The Kier molecular flexibility index (Phi) is 6.26. The number of hydrogen-bond donors (Lipinski definition) is 1. The first kappa shape index (κ1) is 19.5. The Labute approximate surface area is 170 Å². The number of aromatic nitrogens is 3. The van der Waals surface area contributed by atoms with Crippen LogP contribution >= 0.6 is 35.0 Å². The summed E-state index contributed by atoms with van der Waals surface area (Å²) in [5, 5.41) is 8.88. The number of ether oxygens (including phenoxy) is 1. The lowest BCUT2D eigenvalue weighted by Gasteiger charge is -2.15. The third-order valence-electron chi connectivity index (χ3n) is 3.66. The molecule has 0 aliphatic carbocycles. The molecule has 0 saturated carbocycles. The van der Waals surface area contributed by atoms with Gasteiger partial charge in [0.05, 0.1) is 11.6 Å². The van der Waals surface area contributed by atoms with Gasteiger partial charge in [-0.3, -0.25) is 4.79 Å². The molecule has 3 aromatic rings. The van der Waals surface area contributed by atoms with E-state index in [9.17, 15) is 4.79 Å². The number of nitrogen functional groups attached to an aromatic ring is 1. The number of carbonyl (C=O) groups excluding carboxylic acids is 1. The molecular formula is C18H16Cl2N4O2S. The van der Waals surface area contributed by atoms with Gasteiger partial charge in [0.25, 0.3) is 0 Å². The van der Waals surface area contributed by atoms with Crippen molar-refractivity contribution in [2.75, 3.05) is 12.4 Å². The van der Waals surface area contributed by atoms with Crippen LogP contribution in [-0.4, -0.2) is 27.4 Å². The molecule has 2 aromatic carbocycles. The highest BCUT2D eigenvalue weighted by Crippen LogP contribution is 2.37.